The second kappa shape index (κ2) is 8.37. The van der Waals surface area contributed by atoms with Crippen molar-refractivity contribution < 1.29 is 32.6 Å². The number of alkyl halides is 3. The van der Waals surface area contributed by atoms with E-state index in [1.165, 1.54) is 17.0 Å². The zero-order chi connectivity index (χ0) is 24.1. The number of carbonyl (C=O) groups excluding carboxylic acids is 2. The number of amides is 2. The van der Waals surface area contributed by atoms with E-state index in [4.69, 9.17) is 0 Å². The largest absolute Gasteiger partial charge is 0.573 e. The molecule has 3 aliphatic heterocycles. The van der Waals surface area contributed by atoms with Crippen LogP contribution in [-0.4, -0.2) is 75.3 Å². The summed E-state index contributed by atoms with van der Waals surface area (Å²) in [6, 6.07) is 14.4. The lowest BCUT2D eigenvalue weighted by molar-refractivity contribution is -0.274. The lowest BCUT2D eigenvalue weighted by Crippen LogP contribution is -2.81. The summed E-state index contributed by atoms with van der Waals surface area (Å²) in [5, 5.41) is 10.3. The molecule has 7 nitrogen and oxygen atoms in total. The molecule has 3 saturated heterocycles. The molecule has 5 rings (SSSR count). The summed E-state index contributed by atoms with van der Waals surface area (Å²) in [6.07, 6.45) is -5.13. The molecule has 2 unspecified atom stereocenters. The van der Waals surface area contributed by atoms with Crippen LogP contribution in [0, 0.1) is 0 Å². The first-order chi connectivity index (χ1) is 16.1. The second-order valence-electron chi connectivity index (χ2n) is 9.14. The van der Waals surface area contributed by atoms with Crippen LogP contribution in [0.25, 0.3) is 0 Å². The SMILES string of the molecule is O=C1C2CC(O)CN2C2(CN(Cc3ccc(OC(F)(F)F)cc3)C2)C(=O)N1Cc1ccccc1. The number of rotatable bonds is 5. The number of carbonyl (C=O) groups is 2. The lowest BCUT2D eigenvalue weighted by atomic mass is 9.82. The molecule has 3 heterocycles. The fourth-order valence-electron chi connectivity index (χ4n) is 5.27. The third-order valence-corrected chi connectivity index (χ3v) is 6.74. The first-order valence-corrected chi connectivity index (χ1v) is 11.1. The van der Waals surface area contributed by atoms with Crippen molar-refractivity contribution in [1.82, 2.24) is 14.7 Å². The summed E-state index contributed by atoms with van der Waals surface area (Å²) in [4.78, 5) is 31.9. The second-order valence-corrected chi connectivity index (χ2v) is 9.14. The molecule has 10 heteroatoms. The molecule has 0 radical (unpaired) electrons. The maximum Gasteiger partial charge on any atom is 0.573 e. The number of hydrogen-bond donors (Lipinski definition) is 1. The predicted molar refractivity (Wildman–Crippen MR) is 114 cm³/mol. The number of piperazine rings is 1. The molecule has 1 N–H and O–H groups in total. The summed E-state index contributed by atoms with van der Waals surface area (Å²) in [7, 11) is 0. The van der Waals surface area contributed by atoms with Gasteiger partial charge in [0.2, 0.25) is 5.91 Å². The van der Waals surface area contributed by atoms with Crippen molar-refractivity contribution in [2.75, 3.05) is 19.6 Å². The van der Waals surface area contributed by atoms with Gasteiger partial charge < -0.3 is 9.84 Å². The van der Waals surface area contributed by atoms with Crippen LogP contribution in [-0.2, 0) is 22.7 Å². The molecule has 3 fully saturated rings. The van der Waals surface area contributed by atoms with Crippen LogP contribution < -0.4 is 4.74 Å². The number of aliphatic hydroxyl groups excluding tert-OH is 1. The Labute approximate surface area is 194 Å². The Morgan fingerprint density at radius 3 is 2.26 bits per heavy atom. The van der Waals surface area contributed by atoms with Gasteiger partial charge in [-0.15, -0.1) is 13.2 Å². The molecule has 180 valence electrons. The van der Waals surface area contributed by atoms with Crippen molar-refractivity contribution in [3.05, 3.63) is 65.7 Å². The maximum atomic E-state index is 13.6. The van der Waals surface area contributed by atoms with Crippen LogP contribution in [0.5, 0.6) is 5.75 Å². The summed E-state index contributed by atoms with van der Waals surface area (Å²) in [6.45, 7) is 1.62. The number of nitrogens with zero attached hydrogens (tertiary/aromatic N) is 3. The van der Waals surface area contributed by atoms with E-state index >= 15 is 0 Å². The van der Waals surface area contributed by atoms with Gasteiger partial charge in [0.15, 0.2) is 0 Å². The molecule has 1 spiro atoms. The Hall–Kier alpha value is -2.95. The maximum absolute atomic E-state index is 13.6. The van der Waals surface area contributed by atoms with Gasteiger partial charge in [-0.1, -0.05) is 42.5 Å². The number of benzene rings is 2. The van der Waals surface area contributed by atoms with Gasteiger partial charge >= 0.3 is 6.36 Å². The zero-order valence-corrected chi connectivity index (χ0v) is 18.2. The minimum atomic E-state index is -4.74. The van der Waals surface area contributed by atoms with Crippen molar-refractivity contribution in [1.29, 1.82) is 0 Å². The Bertz CT molecular complexity index is 1070. The van der Waals surface area contributed by atoms with Gasteiger partial charge in [-0.3, -0.25) is 24.3 Å². The highest BCUT2D eigenvalue weighted by Gasteiger charge is 2.64. The molecule has 0 saturated carbocycles. The molecule has 0 aliphatic carbocycles. The van der Waals surface area contributed by atoms with E-state index in [-0.39, 0.29) is 30.7 Å². The van der Waals surface area contributed by atoms with Gasteiger partial charge in [-0.25, -0.2) is 0 Å². The number of fused-ring (bicyclic) bond motifs is 2. The number of likely N-dealkylation sites (tertiary alicyclic amines) is 1. The Morgan fingerprint density at radius 2 is 1.62 bits per heavy atom. The van der Waals surface area contributed by atoms with Gasteiger partial charge in [-0.05, 0) is 29.7 Å². The van der Waals surface area contributed by atoms with Crippen LogP contribution in [0.1, 0.15) is 17.5 Å². The molecule has 2 aromatic carbocycles. The highest BCUT2D eigenvalue weighted by atomic mass is 19.4. The van der Waals surface area contributed by atoms with E-state index in [2.05, 4.69) is 4.74 Å². The minimum Gasteiger partial charge on any atom is -0.406 e. The van der Waals surface area contributed by atoms with Gasteiger partial charge in [0, 0.05) is 26.2 Å². The smallest absolute Gasteiger partial charge is 0.406 e. The molecule has 2 aromatic rings. The van der Waals surface area contributed by atoms with Crippen molar-refractivity contribution in [3.8, 4) is 5.75 Å². The summed E-state index contributed by atoms with van der Waals surface area (Å²) in [5.41, 5.74) is 0.732. The minimum absolute atomic E-state index is 0.182. The van der Waals surface area contributed by atoms with E-state index < -0.39 is 24.0 Å². The highest BCUT2D eigenvalue weighted by molar-refractivity contribution is 6.06. The third-order valence-electron chi connectivity index (χ3n) is 6.74. The zero-order valence-electron chi connectivity index (χ0n) is 18.2. The number of aliphatic hydroxyl groups is 1. The van der Waals surface area contributed by atoms with Gasteiger partial charge in [0.25, 0.3) is 5.91 Å². The molecular weight excluding hydrogens is 451 g/mol. The van der Waals surface area contributed by atoms with E-state index in [1.807, 2.05) is 40.1 Å². The molecule has 0 aromatic heterocycles. The van der Waals surface area contributed by atoms with E-state index in [0.717, 1.165) is 11.1 Å². The number of β-amino-alcohol motifs (C(OH)–C–C–N with tert-alkyl or cyclic N) is 1. The van der Waals surface area contributed by atoms with Gasteiger partial charge in [0.1, 0.15) is 11.3 Å². The van der Waals surface area contributed by atoms with Crippen LogP contribution in [0.2, 0.25) is 0 Å². The van der Waals surface area contributed by atoms with Gasteiger partial charge in [-0.2, -0.15) is 0 Å². The van der Waals surface area contributed by atoms with E-state index in [0.29, 0.717) is 26.1 Å². The van der Waals surface area contributed by atoms with Crippen LogP contribution >= 0.6 is 0 Å². The molecule has 2 amide bonds. The Morgan fingerprint density at radius 1 is 0.971 bits per heavy atom. The third kappa shape index (κ3) is 4.17. The topological polar surface area (TPSA) is 73.3 Å². The number of ether oxygens (including phenoxy) is 1. The van der Waals surface area contributed by atoms with Crippen molar-refractivity contribution >= 4 is 11.8 Å². The molecule has 2 atom stereocenters. The van der Waals surface area contributed by atoms with Crippen molar-refractivity contribution in [3.63, 3.8) is 0 Å². The average Bonchev–Trinajstić information content (AvgIpc) is 3.16. The van der Waals surface area contributed by atoms with Gasteiger partial charge in [0.05, 0.1) is 18.7 Å². The van der Waals surface area contributed by atoms with Crippen molar-refractivity contribution in [2.24, 2.45) is 0 Å². The van der Waals surface area contributed by atoms with Crippen LogP contribution in [0.4, 0.5) is 13.2 Å². The highest BCUT2D eigenvalue weighted by Crippen LogP contribution is 2.41. The Balaban J connectivity index is 1.31. The fraction of sp³-hybridized carbons (Fsp3) is 0.417. The monoisotopic (exact) mass is 475 g/mol. The average molecular weight is 475 g/mol. The molecule has 34 heavy (non-hydrogen) atoms. The van der Waals surface area contributed by atoms with Crippen LogP contribution in [0.3, 0.4) is 0 Å². The number of imide groups is 1. The van der Waals surface area contributed by atoms with E-state index in [9.17, 15) is 27.9 Å². The Kier molecular flexibility index (Phi) is 5.62. The first kappa shape index (κ1) is 22.8. The molecule has 0 bridgehead atoms. The summed E-state index contributed by atoms with van der Waals surface area (Å²) < 4.78 is 41.0. The van der Waals surface area contributed by atoms with Crippen molar-refractivity contribution in [2.45, 2.75) is 43.6 Å². The standard InChI is InChI=1S/C24H24F3N3O4/c25-24(26,27)34-19-8-6-17(7-9-19)11-28-14-23(15-28)22(33)29(12-16-4-2-1-3-5-16)21(32)20-10-18(31)13-30(20)23/h1-9,18,20,31H,10-15H2. The summed E-state index contributed by atoms with van der Waals surface area (Å²) >= 11 is 0. The molecule has 3 aliphatic rings. The summed E-state index contributed by atoms with van der Waals surface area (Å²) in [5.74, 6) is -0.839. The quantitative estimate of drug-likeness (QED) is 0.669. The molecular formula is C24H24F3N3O4. The normalized spacial score (nSPS) is 24.9. The number of hydrogen-bond acceptors (Lipinski definition) is 6. The fourth-order valence-corrected chi connectivity index (χ4v) is 5.27. The number of halogens is 3. The first-order valence-electron chi connectivity index (χ1n) is 11.1. The van der Waals surface area contributed by atoms with E-state index in [1.54, 1.807) is 12.1 Å². The van der Waals surface area contributed by atoms with Crippen LogP contribution in [0.15, 0.2) is 54.6 Å². The predicted octanol–water partition coefficient (Wildman–Crippen LogP) is 2.14. The lowest BCUT2D eigenvalue weighted by Gasteiger charge is -2.58.